The van der Waals surface area contributed by atoms with E-state index in [4.69, 9.17) is 4.99 Å². The largest absolute Gasteiger partial charge is 0.357 e. The number of carbonyl (C=O) groups excluding carboxylic acids is 1. The van der Waals surface area contributed by atoms with Crippen molar-refractivity contribution in [3.63, 3.8) is 0 Å². The molecule has 0 bridgehead atoms. The number of likely N-dealkylation sites (tertiary alicyclic amines) is 1. The van der Waals surface area contributed by atoms with Crippen molar-refractivity contribution < 1.29 is 4.79 Å². The molecule has 0 aromatic rings. The molecule has 168 valence electrons. The number of rotatable bonds is 4. The number of hydrogen-bond donors (Lipinski definition) is 1. The molecule has 3 aliphatic rings. The van der Waals surface area contributed by atoms with Gasteiger partial charge in [0.1, 0.15) is 0 Å². The van der Waals surface area contributed by atoms with Crippen molar-refractivity contribution in [2.24, 2.45) is 10.4 Å². The second kappa shape index (κ2) is 12.3. The summed E-state index contributed by atoms with van der Waals surface area (Å²) in [6, 6.07) is 0. The van der Waals surface area contributed by atoms with E-state index in [9.17, 15) is 4.79 Å². The van der Waals surface area contributed by atoms with Crippen LogP contribution >= 0.6 is 24.0 Å². The summed E-state index contributed by atoms with van der Waals surface area (Å²) in [5.74, 6) is 1.32. The third-order valence-corrected chi connectivity index (χ3v) is 6.96. The summed E-state index contributed by atoms with van der Waals surface area (Å²) in [6.45, 7) is 12.6. The molecule has 0 unspecified atom stereocenters. The molecular formula is C22H42IN5O. The maximum absolute atomic E-state index is 11.5. The van der Waals surface area contributed by atoms with Crippen LogP contribution < -0.4 is 5.32 Å². The lowest BCUT2D eigenvalue weighted by molar-refractivity contribution is -0.130. The van der Waals surface area contributed by atoms with Crippen LogP contribution in [0.5, 0.6) is 0 Å². The van der Waals surface area contributed by atoms with Crippen LogP contribution in [-0.2, 0) is 4.79 Å². The third kappa shape index (κ3) is 7.26. The van der Waals surface area contributed by atoms with E-state index in [0.717, 1.165) is 58.3 Å². The molecule has 2 saturated heterocycles. The predicted octanol–water partition coefficient (Wildman–Crippen LogP) is 3.17. The Morgan fingerprint density at radius 1 is 0.931 bits per heavy atom. The Morgan fingerprint density at radius 3 is 2.21 bits per heavy atom. The number of carbonyl (C=O) groups is 1. The second-order valence-corrected chi connectivity index (χ2v) is 9.02. The fourth-order valence-electron chi connectivity index (χ4n) is 5.28. The summed E-state index contributed by atoms with van der Waals surface area (Å²) in [4.78, 5) is 23.4. The van der Waals surface area contributed by atoms with Gasteiger partial charge < -0.3 is 15.1 Å². The normalized spacial score (nSPS) is 23.4. The quantitative estimate of drug-likeness (QED) is 0.352. The van der Waals surface area contributed by atoms with Crippen molar-refractivity contribution >= 4 is 35.8 Å². The molecule has 1 N–H and O–H groups in total. The molecule has 1 saturated carbocycles. The van der Waals surface area contributed by atoms with Crippen molar-refractivity contribution in [1.29, 1.82) is 0 Å². The van der Waals surface area contributed by atoms with Crippen molar-refractivity contribution in [3.05, 3.63) is 0 Å². The summed E-state index contributed by atoms with van der Waals surface area (Å²) < 4.78 is 0. The molecule has 29 heavy (non-hydrogen) atoms. The monoisotopic (exact) mass is 519 g/mol. The van der Waals surface area contributed by atoms with Gasteiger partial charge in [-0.05, 0) is 38.0 Å². The summed E-state index contributed by atoms with van der Waals surface area (Å²) in [7, 11) is 0. The molecule has 0 aromatic carbocycles. The van der Waals surface area contributed by atoms with Crippen molar-refractivity contribution in [3.8, 4) is 0 Å². The van der Waals surface area contributed by atoms with Gasteiger partial charge in [-0.1, -0.05) is 25.7 Å². The lowest BCUT2D eigenvalue weighted by atomic mass is 9.74. The van der Waals surface area contributed by atoms with Crippen LogP contribution in [0.25, 0.3) is 0 Å². The molecule has 0 aromatic heterocycles. The fraction of sp³-hybridized carbons (Fsp3) is 0.909. The molecule has 2 heterocycles. The highest BCUT2D eigenvalue weighted by Crippen LogP contribution is 2.42. The average molecular weight is 520 g/mol. The third-order valence-electron chi connectivity index (χ3n) is 6.96. The van der Waals surface area contributed by atoms with E-state index in [1.165, 1.54) is 57.9 Å². The van der Waals surface area contributed by atoms with Crippen molar-refractivity contribution in [2.45, 2.75) is 65.2 Å². The lowest BCUT2D eigenvalue weighted by Crippen LogP contribution is -2.51. The number of piperazine rings is 1. The van der Waals surface area contributed by atoms with Gasteiger partial charge in [-0.3, -0.25) is 14.7 Å². The zero-order chi connectivity index (χ0) is 19.8. The number of amides is 1. The number of hydrogen-bond acceptors (Lipinski definition) is 3. The minimum atomic E-state index is 0. The number of piperidine rings is 1. The first kappa shape index (κ1) is 24.7. The number of nitrogens with one attached hydrogen (secondary N) is 1. The predicted molar refractivity (Wildman–Crippen MR) is 131 cm³/mol. The number of aliphatic imine (C=N–C) groups is 1. The van der Waals surface area contributed by atoms with Gasteiger partial charge in [-0.15, -0.1) is 24.0 Å². The highest BCUT2D eigenvalue weighted by molar-refractivity contribution is 14.0. The first-order chi connectivity index (χ1) is 13.6. The Labute approximate surface area is 194 Å². The molecule has 1 aliphatic carbocycles. The van der Waals surface area contributed by atoms with Gasteiger partial charge >= 0.3 is 0 Å². The van der Waals surface area contributed by atoms with Crippen LogP contribution in [0.3, 0.4) is 0 Å². The highest BCUT2D eigenvalue weighted by atomic mass is 127. The topological polar surface area (TPSA) is 51.2 Å². The van der Waals surface area contributed by atoms with Crippen LogP contribution in [0.1, 0.15) is 65.2 Å². The molecule has 0 radical (unpaired) electrons. The zero-order valence-corrected chi connectivity index (χ0v) is 21.0. The van der Waals surface area contributed by atoms with Crippen LogP contribution in [0, 0.1) is 5.41 Å². The van der Waals surface area contributed by atoms with E-state index < -0.39 is 0 Å². The van der Waals surface area contributed by atoms with E-state index in [0.29, 0.717) is 5.41 Å². The number of halogens is 1. The molecule has 2 aliphatic heterocycles. The van der Waals surface area contributed by atoms with E-state index in [1.54, 1.807) is 6.92 Å². The Kier molecular flexibility index (Phi) is 10.5. The molecule has 3 fully saturated rings. The molecule has 3 rings (SSSR count). The molecule has 0 atom stereocenters. The Morgan fingerprint density at radius 2 is 1.59 bits per heavy atom. The van der Waals surface area contributed by atoms with Crippen molar-refractivity contribution in [2.75, 3.05) is 58.9 Å². The highest BCUT2D eigenvalue weighted by Gasteiger charge is 2.36. The standard InChI is InChI=1S/C22H41N5O.HI/c1-3-23-21(24-12-14-25-15-17-26(18-16-25)20(2)28)27-13-8-11-22(19-27)9-6-4-5-7-10-22;/h3-19H2,1-2H3,(H,23,24);1H. The lowest BCUT2D eigenvalue weighted by Gasteiger charge is -2.44. The maximum atomic E-state index is 11.5. The van der Waals surface area contributed by atoms with Gasteiger partial charge in [0.2, 0.25) is 5.91 Å². The Balaban J connectivity index is 0.00000300. The molecular weight excluding hydrogens is 477 g/mol. The van der Waals surface area contributed by atoms with Gasteiger partial charge in [0.05, 0.1) is 6.54 Å². The van der Waals surface area contributed by atoms with E-state index >= 15 is 0 Å². The first-order valence-electron chi connectivity index (χ1n) is 11.6. The summed E-state index contributed by atoms with van der Waals surface area (Å²) >= 11 is 0. The summed E-state index contributed by atoms with van der Waals surface area (Å²) in [5.41, 5.74) is 0.536. The van der Waals surface area contributed by atoms with E-state index in [2.05, 4.69) is 22.0 Å². The minimum absolute atomic E-state index is 0. The smallest absolute Gasteiger partial charge is 0.219 e. The van der Waals surface area contributed by atoms with Gasteiger partial charge in [-0.25, -0.2) is 0 Å². The number of guanidine groups is 1. The molecule has 7 heteroatoms. The molecule has 6 nitrogen and oxygen atoms in total. The second-order valence-electron chi connectivity index (χ2n) is 9.02. The van der Waals surface area contributed by atoms with Gasteiger partial charge in [0.25, 0.3) is 0 Å². The Hall–Kier alpha value is -0.570. The average Bonchev–Trinajstić information content (AvgIpc) is 2.93. The minimum Gasteiger partial charge on any atom is -0.357 e. The van der Waals surface area contributed by atoms with E-state index in [1.807, 2.05) is 4.90 Å². The fourth-order valence-corrected chi connectivity index (χ4v) is 5.28. The van der Waals surface area contributed by atoms with Crippen LogP contribution in [0.4, 0.5) is 0 Å². The SMILES string of the molecule is CCNC(=NCCN1CCN(C(C)=O)CC1)N1CCCC2(CCCCCC2)C1.I. The van der Waals surface area contributed by atoms with Gasteiger partial charge in [0, 0.05) is 59.3 Å². The van der Waals surface area contributed by atoms with Crippen molar-refractivity contribution in [1.82, 2.24) is 20.0 Å². The number of nitrogens with zero attached hydrogens (tertiary/aromatic N) is 4. The van der Waals surface area contributed by atoms with E-state index in [-0.39, 0.29) is 29.9 Å². The zero-order valence-electron chi connectivity index (χ0n) is 18.6. The molecule has 1 spiro atoms. The Bertz CT molecular complexity index is 525. The maximum Gasteiger partial charge on any atom is 0.219 e. The molecule has 1 amide bonds. The summed E-state index contributed by atoms with van der Waals surface area (Å²) in [6.07, 6.45) is 11.2. The van der Waals surface area contributed by atoms with Gasteiger partial charge in [0.15, 0.2) is 5.96 Å². The van der Waals surface area contributed by atoms with Crippen LogP contribution in [0.15, 0.2) is 4.99 Å². The summed E-state index contributed by atoms with van der Waals surface area (Å²) in [5, 5.41) is 3.55. The van der Waals surface area contributed by atoms with Gasteiger partial charge in [-0.2, -0.15) is 0 Å². The van der Waals surface area contributed by atoms with Crippen LogP contribution in [0.2, 0.25) is 0 Å². The first-order valence-corrected chi connectivity index (χ1v) is 11.6. The van der Waals surface area contributed by atoms with Crippen LogP contribution in [-0.4, -0.2) is 85.5 Å².